The van der Waals surface area contributed by atoms with Crippen molar-refractivity contribution in [2.24, 2.45) is 17.3 Å². The first-order valence-corrected chi connectivity index (χ1v) is 9.17. The largest absolute Gasteiger partial charge is 0.460 e. The third-order valence-corrected chi connectivity index (χ3v) is 5.67. The van der Waals surface area contributed by atoms with E-state index in [1.807, 2.05) is 26.8 Å². The molecule has 2 nitrogen and oxygen atoms in total. The third-order valence-electron chi connectivity index (χ3n) is 5.67. The molecule has 0 radical (unpaired) electrons. The molecular formula is C21H30O2. The lowest BCUT2D eigenvalue weighted by molar-refractivity contribution is -0.163. The van der Waals surface area contributed by atoms with Crippen LogP contribution in [0.4, 0.5) is 0 Å². The van der Waals surface area contributed by atoms with Crippen molar-refractivity contribution in [3.8, 4) is 0 Å². The quantitative estimate of drug-likeness (QED) is 0.702. The van der Waals surface area contributed by atoms with Crippen molar-refractivity contribution >= 4 is 5.97 Å². The number of carbonyl (C=O) groups is 1. The van der Waals surface area contributed by atoms with Crippen molar-refractivity contribution in [1.29, 1.82) is 0 Å². The predicted molar refractivity (Wildman–Crippen MR) is 93.1 cm³/mol. The van der Waals surface area contributed by atoms with Gasteiger partial charge in [0.05, 0.1) is 5.92 Å². The van der Waals surface area contributed by atoms with Crippen molar-refractivity contribution in [3.63, 3.8) is 0 Å². The summed E-state index contributed by atoms with van der Waals surface area (Å²) in [7, 11) is 0. The Morgan fingerprint density at radius 2 is 2.00 bits per heavy atom. The molecule has 2 saturated carbocycles. The van der Waals surface area contributed by atoms with E-state index in [1.54, 1.807) is 0 Å². The molecule has 2 unspecified atom stereocenters. The van der Waals surface area contributed by atoms with Crippen molar-refractivity contribution in [1.82, 2.24) is 0 Å². The number of hydrogen-bond donors (Lipinski definition) is 0. The van der Waals surface area contributed by atoms with Crippen LogP contribution in [0, 0.1) is 17.3 Å². The predicted octanol–water partition coefficient (Wildman–Crippen LogP) is 5.16. The summed E-state index contributed by atoms with van der Waals surface area (Å²) >= 11 is 0. The highest BCUT2D eigenvalue weighted by atomic mass is 16.6. The number of carbonyl (C=O) groups excluding carboxylic acids is 1. The average Bonchev–Trinajstić information content (AvgIpc) is 3.22. The maximum Gasteiger partial charge on any atom is 0.310 e. The van der Waals surface area contributed by atoms with Gasteiger partial charge in [-0.15, -0.1) is 0 Å². The number of ether oxygens (including phenoxy) is 1. The number of hydrogen-bond acceptors (Lipinski definition) is 2. The van der Waals surface area contributed by atoms with Gasteiger partial charge >= 0.3 is 5.97 Å². The number of fused-ring (bicyclic) bond motifs is 1. The molecule has 2 aliphatic carbocycles. The van der Waals surface area contributed by atoms with Gasteiger partial charge in [-0.25, -0.2) is 0 Å². The molecule has 3 atom stereocenters. The van der Waals surface area contributed by atoms with E-state index >= 15 is 0 Å². The molecule has 0 bridgehead atoms. The third kappa shape index (κ3) is 3.79. The highest BCUT2D eigenvalue weighted by Crippen LogP contribution is 2.66. The van der Waals surface area contributed by atoms with E-state index < -0.39 is 5.60 Å². The SMILES string of the molecule is CC(C)(C)OC(=O)[C@H](CCc1ccccc1)C12CCCCC1C2. The monoisotopic (exact) mass is 314 g/mol. The van der Waals surface area contributed by atoms with Crippen LogP contribution in [0.3, 0.4) is 0 Å². The first kappa shape index (κ1) is 16.5. The Hall–Kier alpha value is -1.31. The molecule has 23 heavy (non-hydrogen) atoms. The molecule has 0 N–H and O–H groups in total. The van der Waals surface area contributed by atoms with Crippen LogP contribution in [0.5, 0.6) is 0 Å². The van der Waals surface area contributed by atoms with Crippen molar-refractivity contribution in [3.05, 3.63) is 35.9 Å². The van der Waals surface area contributed by atoms with E-state index in [4.69, 9.17) is 4.74 Å². The van der Waals surface area contributed by atoms with Gasteiger partial charge in [-0.1, -0.05) is 43.2 Å². The molecule has 0 heterocycles. The summed E-state index contributed by atoms with van der Waals surface area (Å²) in [5.41, 5.74) is 1.19. The van der Waals surface area contributed by atoms with Gasteiger partial charge < -0.3 is 4.74 Å². The van der Waals surface area contributed by atoms with E-state index in [9.17, 15) is 4.79 Å². The van der Waals surface area contributed by atoms with E-state index in [0.717, 1.165) is 18.8 Å². The van der Waals surface area contributed by atoms with Gasteiger partial charge in [-0.2, -0.15) is 0 Å². The second-order valence-electron chi connectivity index (χ2n) is 8.49. The minimum Gasteiger partial charge on any atom is -0.460 e. The summed E-state index contributed by atoms with van der Waals surface area (Å²) < 4.78 is 5.79. The molecule has 0 amide bonds. The molecule has 0 saturated heterocycles. The lowest BCUT2D eigenvalue weighted by Crippen LogP contribution is -2.35. The number of aryl methyl sites for hydroxylation is 1. The molecule has 2 heteroatoms. The highest BCUT2D eigenvalue weighted by Gasteiger charge is 2.61. The normalized spacial score (nSPS) is 27.9. The molecule has 3 rings (SSSR count). The fourth-order valence-corrected chi connectivity index (χ4v) is 4.51. The molecule has 0 aliphatic heterocycles. The summed E-state index contributed by atoms with van der Waals surface area (Å²) in [4.78, 5) is 12.9. The summed E-state index contributed by atoms with van der Waals surface area (Å²) in [6.45, 7) is 5.92. The zero-order valence-corrected chi connectivity index (χ0v) is 14.8. The minimum atomic E-state index is -0.391. The van der Waals surface area contributed by atoms with Crippen LogP contribution in [0.2, 0.25) is 0 Å². The van der Waals surface area contributed by atoms with Crippen LogP contribution in [-0.2, 0) is 16.0 Å². The second kappa shape index (κ2) is 6.30. The van der Waals surface area contributed by atoms with Crippen molar-refractivity contribution < 1.29 is 9.53 Å². The van der Waals surface area contributed by atoms with Gasteiger partial charge in [-0.3, -0.25) is 4.79 Å². The Bertz CT molecular complexity index is 543. The highest BCUT2D eigenvalue weighted by molar-refractivity contribution is 5.74. The van der Waals surface area contributed by atoms with Gasteiger partial charge in [0, 0.05) is 0 Å². The summed E-state index contributed by atoms with van der Waals surface area (Å²) in [6.07, 6.45) is 8.29. The Balaban J connectivity index is 1.72. The summed E-state index contributed by atoms with van der Waals surface area (Å²) in [5, 5.41) is 0. The van der Waals surface area contributed by atoms with Crippen LogP contribution >= 0.6 is 0 Å². The van der Waals surface area contributed by atoms with Crippen LogP contribution < -0.4 is 0 Å². The van der Waals surface area contributed by atoms with E-state index in [2.05, 4.69) is 24.3 Å². The lowest BCUT2D eigenvalue weighted by Gasteiger charge is -2.32. The Labute approximate surface area is 140 Å². The maximum absolute atomic E-state index is 12.9. The van der Waals surface area contributed by atoms with Crippen molar-refractivity contribution in [2.75, 3.05) is 0 Å². The van der Waals surface area contributed by atoms with Crippen molar-refractivity contribution in [2.45, 2.75) is 71.3 Å². The van der Waals surface area contributed by atoms with E-state index in [-0.39, 0.29) is 17.3 Å². The maximum atomic E-state index is 12.9. The molecule has 0 aromatic heterocycles. The van der Waals surface area contributed by atoms with Crippen LogP contribution in [0.1, 0.15) is 64.9 Å². The molecule has 2 fully saturated rings. The van der Waals surface area contributed by atoms with Gasteiger partial charge in [-0.05, 0) is 69.8 Å². The fraction of sp³-hybridized carbons (Fsp3) is 0.667. The topological polar surface area (TPSA) is 26.3 Å². The molecule has 0 spiro atoms. The lowest BCUT2D eigenvalue weighted by atomic mass is 9.76. The number of benzene rings is 1. The van der Waals surface area contributed by atoms with Gasteiger partial charge in [0.25, 0.3) is 0 Å². The zero-order chi connectivity index (χ0) is 16.5. The Kier molecular flexibility index (Phi) is 4.53. The van der Waals surface area contributed by atoms with Crippen LogP contribution in [0.15, 0.2) is 30.3 Å². The molecule has 126 valence electrons. The van der Waals surface area contributed by atoms with Crippen LogP contribution in [-0.4, -0.2) is 11.6 Å². The van der Waals surface area contributed by atoms with Gasteiger partial charge in [0.1, 0.15) is 5.60 Å². The molecule has 1 aromatic carbocycles. The standard InChI is InChI=1S/C21H30O2/c1-20(2,3)23-19(22)18(13-12-16-9-5-4-6-10-16)21-14-8-7-11-17(21)15-21/h4-6,9-10,17-18H,7-8,11-15H2,1-3H3/t17?,18-,21?/m0/s1. The Morgan fingerprint density at radius 1 is 1.26 bits per heavy atom. The van der Waals surface area contributed by atoms with E-state index in [1.165, 1.54) is 37.7 Å². The summed E-state index contributed by atoms with van der Waals surface area (Å²) in [5.74, 6) is 0.884. The average molecular weight is 314 g/mol. The smallest absolute Gasteiger partial charge is 0.310 e. The first-order valence-electron chi connectivity index (χ1n) is 9.17. The fourth-order valence-electron chi connectivity index (χ4n) is 4.51. The zero-order valence-electron chi connectivity index (χ0n) is 14.8. The summed E-state index contributed by atoms with van der Waals surface area (Å²) in [6, 6.07) is 10.5. The van der Waals surface area contributed by atoms with Gasteiger partial charge in [0.2, 0.25) is 0 Å². The molecule has 2 aliphatic rings. The van der Waals surface area contributed by atoms with Crippen LogP contribution in [0.25, 0.3) is 0 Å². The minimum absolute atomic E-state index is 0.0397. The van der Waals surface area contributed by atoms with E-state index in [0.29, 0.717) is 0 Å². The Morgan fingerprint density at radius 3 is 2.65 bits per heavy atom. The number of esters is 1. The first-order chi connectivity index (χ1) is 10.9. The van der Waals surface area contributed by atoms with Gasteiger partial charge in [0.15, 0.2) is 0 Å². The molecule has 1 aromatic rings. The number of rotatable bonds is 5. The second-order valence-corrected chi connectivity index (χ2v) is 8.49. The molecular weight excluding hydrogens is 284 g/mol.